The molecule has 2 aromatic heterocycles. The van der Waals surface area contributed by atoms with Gasteiger partial charge in [-0.3, -0.25) is 14.2 Å². The molecule has 3 aromatic rings. The van der Waals surface area contributed by atoms with Crippen LogP contribution >= 0.6 is 15.9 Å². The first-order valence-electron chi connectivity index (χ1n) is 7.42. The number of aromatic nitrogens is 3. The van der Waals surface area contributed by atoms with Crippen LogP contribution < -0.4 is 16.4 Å². The predicted molar refractivity (Wildman–Crippen MR) is 96.0 cm³/mol. The van der Waals surface area contributed by atoms with Gasteiger partial charge in [-0.15, -0.1) is 0 Å². The smallest absolute Gasteiger partial charge is 0.326 e. The molecule has 0 saturated carbocycles. The number of esters is 1. The first kappa shape index (κ1) is 16.3. The Morgan fingerprint density at radius 3 is 2.83 bits per heavy atom. The van der Waals surface area contributed by atoms with E-state index in [2.05, 4.69) is 32.5 Å². The molecular formula is C17H16BrN3O3. The number of fused-ring (bicyclic) bond motifs is 1. The number of para-hydroxylation sites is 1. The molecule has 0 atom stereocenters. The zero-order valence-corrected chi connectivity index (χ0v) is 14.6. The second-order valence-corrected chi connectivity index (χ2v) is 6.02. The molecule has 2 N–H and O–H groups in total. The molecule has 3 rings (SSSR count). The lowest BCUT2D eigenvalue weighted by Gasteiger charge is -2.01. The minimum absolute atomic E-state index is 0.163. The van der Waals surface area contributed by atoms with Gasteiger partial charge in [-0.05, 0) is 35.0 Å². The van der Waals surface area contributed by atoms with Crippen LogP contribution in [-0.2, 0) is 16.1 Å². The van der Waals surface area contributed by atoms with Crippen LogP contribution in [0.5, 0.6) is 0 Å². The number of nitrogens with one attached hydrogen (secondary N) is 2. The first-order valence-corrected chi connectivity index (χ1v) is 8.22. The maximum Gasteiger partial charge on any atom is 0.326 e. The molecule has 124 valence electrons. The number of nitrogens with zero attached hydrogens (tertiary/aromatic N) is 1. The van der Waals surface area contributed by atoms with E-state index in [1.54, 1.807) is 13.0 Å². The van der Waals surface area contributed by atoms with E-state index in [-0.39, 0.29) is 18.7 Å². The summed E-state index contributed by atoms with van der Waals surface area (Å²) in [5, 5.41) is 1.37. The van der Waals surface area contributed by atoms with Crippen LogP contribution in [0.2, 0.25) is 0 Å². The van der Waals surface area contributed by atoms with Crippen LogP contribution in [-0.4, -0.2) is 27.1 Å². The minimum atomic E-state index is -0.471. The molecule has 0 saturated heterocycles. The summed E-state index contributed by atoms with van der Waals surface area (Å²) in [6.45, 7) is 5.60. The summed E-state index contributed by atoms with van der Waals surface area (Å²) in [5.74, 6) is -0.471. The summed E-state index contributed by atoms with van der Waals surface area (Å²) in [4.78, 5) is 30.3. The molecule has 7 heteroatoms. The zero-order chi connectivity index (χ0) is 17.3. The number of H-pyrrole nitrogens is 2. The van der Waals surface area contributed by atoms with Gasteiger partial charge in [0.05, 0.1) is 16.8 Å². The minimum Gasteiger partial charge on any atom is -0.465 e. The fraction of sp³-hybridized carbons (Fsp3) is 0.176. The molecule has 0 aliphatic carbocycles. The van der Waals surface area contributed by atoms with Gasteiger partial charge in [0.15, 0.2) is 0 Å². The number of halogens is 1. The Hall–Kier alpha value is -2.54. The van der Waals surface area contributed by atoms with E-state index >= 15 is 0 Å². The SMILES string of the molecule is C=c1[nH]/c(=C\c2[nH]c3ccccc3c2Br)c(=O)n1CC(=O)OCC. The third-order valence-electron chi connectivity index (χ3n) is 3.63. The molecule has 0 aliphatic rings. The summed E-state index contributed by atoms with van der Waals surface area (Å²) < 4.78 is 7.01. The highest BCUT2D eigenvalue weighted by Crippen LogP contribution is 2.27. The van der Waals surface area contributed by atoms with Crippen molar-refractivity contribution in [2.45, 2.75) is 13.5 Å². The topological polar surface area (TPSA) is 79.9 Å². The molecule has 0 bridgehead atoms. The Morgan fingerprint density at radius 1 is 1.38 bits per heavy atom. The van der Waals surface area contributed by atoms with Crippen molar-refractivity contribution in [1.29, 1.82) is 0 Å². The summed E-state index contributed by atoms with van der Waals surface area (Å²) in [6, 6.07) is 7.82. The number of imidazole rings is 1. The van der Waals surface area contributed by atoms with Crippen molar-refractivity contribution >= 4 is 45.5 Å². The highest BCUT2D eigenvalue weighted by atomic mass is 79.9. The largest absolute Gasteiger partial charge is 0.465 e. The third kappa shape index (κ3) is 2.94. The Bertz CT molecular complexity index is 1070. The van der Waals surface area contributed by atoms with Crippen molar-refractivity contribution in [2.75, 3.05) is 6.61 Å². The van der Waals surface area contributed by atoms with Crippen LogP contribution in [0.1, 0.15) is 12.6 Å². The summed E-state index contributed by atoms with van der Waals surface area (Å²) in [7, 11) is 0. The van der Waals surface area contributed by atoms with Crippen molar-refractivity contribution in [3.05, 3.63) is 55.6 Å². The molecule has 6 nitrogen and oxygen atoms in total. The average Bonchev–Trinajstić information content (AvgIpc) is 3.00. The number of carbonyl (C=O) groups is 1. The fourth-order valence-corrected chi connectivity index (χ4v) is 3.08. The maximum atomic E-state index is 12.5. The standard InChI is InChI=1S/C17H16BrN3O3/c1-3-24-15(22)9-21-10(2)19-14(17(21)23)8-13-16(18)11-6-4-5-7-12(11)20-13/h4-8,19-20H,2-3,9H2,1H3/b14-8-. The maximum absolute atomic E-state index is 12.5. The van der Waals surface area contributed by atoms with Gasteiger partial charge in [0.2, 0.25) is 0 Å². The van der Waals surface area contributed by atoms with Gasteiger partial charge >= 0.3 is 5.97 Å². The van der Waals surface area contributed by atoms with Crippen LogP contribution in [0, 0.1) is 0 Å². The number of rotatable bonds is 4. The number of benzene rings is 1. The van der Waals surface area contributed by atoms with Crippen LogP contribution in [0.25, 0.3) is 23.6 Å². The second kappa shape index (κ2) is 6.52. The molecule has 0 spiro atoms. The monoisotopic (exact) mass is 389 g/mol. The molecule has 0 aliphatic heterocycles. The molecule has 0 unspecified atom stereocenters. The molecular weight excluding hydrogens is 374 g/mol. The summed E-state index contributed by atoms with van der Waals surface area (Å²) in [6.07, 6.45) is 1.70. The van der Waals surface area contributed by atoms with Gasteiger partial charge in [-0.1, -0.05) is 24.8 Å². The zero-order valence-electron chi connectivity index (χ0n) is 13.1. The lowest BCUT2D eigenvalue weighted by Crippen LogP contribution is -2.34. The van der Waals surface area contributed by atoms with Gasteiger partial charge in [-0.25, -0.2) is 0 Å². The molecule has 0 fully saturated rings. The molecule has 2 heterocycles. The third-order valence-corrected chi connectivity index (χ3v) is 4.49. The molecule has 1 aromatic carbocycles. The van der Waals surface area contributed by atoms with E-state index in [0.29, 0.717) is 10.8 Å². The van der Waals surface area contributed by atoms with Gasteiger partial charge in [-0.2, -0.15) is 0 Å². The summed E-state index contributed by atoms with van der Waals surface area (Å²) in [5.41, 5.74) is 1.76. The average molecular weight is 390 g/mol. The quantitative estimate of drug-likeness (QED) is 0.658. The van der Waals surface area contributed by atoms with E-state index in [1.807, 2.05) is 24.3 Å². The molecule has 0 radical (unpaired) electrons. The predicted octanol–water partition coefficient (Wildman–Crippen LogP) is 1.22. The van der Waals surface area contributed by atoms with Gasteiger partial charge in [0, 0.05) is 10.9 Å². The number of ether oxygens (including phenoxy) is 1. The van der Waals surface area contributed by atoms with Crippen LogP contribution in [0.15, 0.2) is 33.5 Å². The van der Waals surface area contributed by atoms with Crippen LogP contribution in [0.3, 0.4) is 0 Å². The number of carbonyl (C=O) groups excluding carboxylic acids is 1. The summed E-state index contributed by atoms with van der Waals surface area (Å²) >= 11 is 3.55. The Morgan fingerprint density at radius 2 is 2.12 bits per heavy atom. The number of hydrogen-bond donors (Lipinski definition) is 2. The van der Waals surface area contributed by atoms with E-state index in [0.717, 1.165) is 21.1 Å². The highest BCUT2D eigenvalue weighted by Gasteiger charge is 2.10. The van der Waals surface area contributed by atoms with Gasteiger partial charge in [0.25, 0.3) is 5.56 Å². The number of hydrogen-bond acceptors (Lipinski definition) is 3. The Kier molecular flexibility index (Phi) is 4.44. The van der Waals surface area contributed by atoms with Crippen molar-refractivity contribution in [3.63, 3.8) is 0 Å². The van der Waals surface area contributed by atoms with Crippen molar-refractivity contribution in [3.8, 4) is 0 Å². The lowest BCUT2D eigenvalue weighted by molar-refractivity contribution is -0.143. The Balaban J connectivity index is 2.07. The van der Waals surface area contributed by atoms with Crippen LogP contribution in [0.4, 0.5) is 0 Å². The van der Waals surface area contributed by atoms with Crippen molar-refractivity contribution in [1.82, 2.24) is 14.5 Å². The second-order valence-electron chi connectivity index (χ2n) is 5.22. The normalized spacial score (nSPS) is 12.0. The van der Waals surface area contributed by atoms with E-state index < -0.39 is 5.97 Å². The first-order chi connectivity index (χ1) is 11.5. The van der Waals surface area contributed by atoms with E-state index in [1.165, 1.54) is 4.57 Å². The van der Waals surface area contributed by atoms with E-state index in [4.69, 9.17) is 4.74 Å². The van der Waals surface area contributed by atoms with Crippen molar-refractivity contribution < 1.29 is 9.53 Å². The fourth-order valence-electron chi connectivity index (χ4n) is 2.52. The molecule has 24 heavy (non-hydrogen) atoms. The lowest BCUT2D eigenvalue weighted by atomic mass is 10.2. The van der Waals surface area contributed by atoms with Gasteiger partial charge < -0.3 is 14.7 Å². The van der Waals surface area contributed by atoms with E-state index in [9.17, 15) is 9.59 Å². The Labute approximate surface area is 145 Å². The number of aromatic amines is 2. The van der Waals surface area contributed by atoms with Crippen molar-refractivity contribution in [2.24, 2.45) is 0 Å². The highest BCUT2D eigenvalue weighted by molar-refractivity contribution is 9.10. The van der Waals surface area contributed by atoms with Gasteiger partial charge in [0.1, 0.15) is 17.4 Å². The molecule has 0 amide bonds.